The van der Waals surface area contributed by atoms with Crippen molar-refractivity contribution in [1.29, 1.82) is 0 Å². The lowest BCUT2D eigenvalue weighted by Crippen LogP contribution is -2.25. The number of halogens is 3. The van der Waals surface area contributed by atoms with Crippen molar-refractivity contribution in [1.82, 2.24) is 10.3 Å². The molecule has 0 saturated heterocycles. The van der Waals surface area contributed by atoms with E-state index in [-0.39, 0.29) is 12.6 Å². The second-order valence-corrected chi connectivity index (χ2v) is 4.55. The third-order valence-corrected chi connectivity index (χ3v) is 2.73. The first-order chi connectivity index (χ1) is 9.33. The van der Waals surface area contributed by atoms with E-state index < -0.39 is 12.8 Å². The van der Waals surface area contributed by atoms with E-state index >= 15 is 0 Å². The van der Waals surface area contributed by atoms with Crippen molar-refractivity contribution in [3.05, 3.63) is 23.4 Å². The summed E-state index contributed by atoms with van der Waals surface area (Å²) in [5.74, 6) is 0.386. The number of alkyl halides is 3. The summed E-state index contributed by atoms with van der Waals surface area (Å²) in [5, 5.41) is 3.18. The molecule has 0 radical (unpaired) electrons. The predicted molar refractivity (Wildman–Crippen MR) is 71.3 cm³/mol. The predicted octanol–water partition coefficient (Wildman–Crippen LogP) is 2.59. The van der Waals surface area contributed by atoms with Gasteiger partial charge < -0.3 is 15.8 Å². The van der Waals surface area contributed by atoms with Gasteiger partial charge in [-0.15, -0.1) is 0 Å². The number of nitrogens with zero attached hydrogens (tertiary/aromatic N) is 1. The summed E-state index contributed by atoms with van der Waals surface area (Å²) in [6.07, 6.45) is -2.24. The zero-order valence-corrected chi connectivity index (χ0v) is 11.6. The summed E-state index contributed by atoms with van der Waals surface area (Å²) in [4.78, 5) is 4.07. The number of nitrogens with one attached hydrogen (secondary N) is 1. The maximum absolute atomic E-state index is 12.0. The van der Waals surface area contributed by atoms with Crippen molar-refractivity contribution in [2.24, 2.45) is 0 Å². The van der Waals surface area contributed by atoms with Crippen LogP contribution < -0.4 is 11.1 Å². The largest absolute Gasteiger partial charge is 0.411 e. The summed E-state index contributed by atoms with van der Waals surface area (Å²) in [5.41, 5.74) is 7.57. The Kier molecular flexibility index (Phi) is 6.22. The number of aromatic nitrogens is 1. The summed E-state index contributed by atoms with van der Waals surface area (Å²) in [7, 11) is 0. The number of nitrogen functional groups attached to an aromatic ring is 1. The number of ether oxygens (including phenoxy) is 1. The highest BCUT2D eigenvalue weighted by Gasteiger charge is 2.27. The molecule has 1 rings (SSSR count). The molecule has 1 unspecified atom stereocenters. The van der Waals surface area contributed by atoms with Gasteiger partial charge in [-0.1, -0.05) is 6.92 Å². The van der Waals surface area contributed by atoms with Crippen molar-refractivity contribution in [3.63, 3.8) is 0 Å². The monoisotopic (exact) mass is 291 g/mol. The smallest absolute Gasteiger partial charge is 0.383 e. The molecule has 7 heteroatoms. The van der Waals surface area contributed by atoms with E-state index in [1.807, 2.05) is 19.9 Å². The fourth-order valence-electron chi connectivity index (χ4n) is 1.88. The van der Waals surface area contributed by atoms with Crippen LogP contribution in [0.3, 0.4) is 0 Å². The fraction of sp³-hybridized carbons (Fsp3) is 0.615. The highest BCUT2D eigenvalue weighted by atomic mass is 19.4. The summed E-state index contributed by atoms with van der Waals surface area (Å²) in [6, 6.07) is 1.72. The lowest BCUT2D eigenvalue weighted by molar-refractivity contribution is -0.174. The molecule has 1 aromatic heterocycles. The van der Waals surface area contributed by atoms with Crippen LogP contribution >= 0.6 is 0 Å². The molecule has 1 aromatic rings. The van der Waals surface area contributed by atoms with Crippen molar-refractivity contribution in [2.75, 3.05) is 25.5 Å². The summed E-state index contributed by atoms with van der Waals surface area (Å²) < 4.78 is 40.6. The number of hydrogen-bond acceptors (Lipinski definition) is 4. The molecule has 0 aliphatic carbocycles. The minimum Gasteiger partial charge on any atom is -0.383 e. The molecule has 0 aliphatic heterocycles. The summed E-state index contributed by atoms with van der Waals surface area (Å²) in [6.45, 7) is 3.26. The second-order valence-electron chi connectivity index (χ2n) is 4.55. The van der Waals surface area contributed by atoms with Crippen molar-refractivity contribution in [3.8, 4) is 0 Å². The number of pyridine rings is 1. The Morgan fingerprint density at radius 3 is 2.75 bits per heavy atom. The third-order valence-electron chi connectivity index (χ3n) is 2.73. The molecule has 0 aliphatic rings. The van der Waals surface area contributed by atoms with Gasteiger partial charge in [0.05, 0.1) is 0 Å². The Hall–Kier alpha value is -1.34. The van der Waals surface area contributed by atoms with E-state index in [1.54, 1.807) is 6.20 Å². The van der Waals surface area contributed by atoms with Crippen LogP contribution in [-0.4, -0.2) is 30.9 Å². The zero-order valence-electron chi connectivity index (χ0n) is 11.6. The van der Waals surface area contributed by atoms with Crippen LogP contribution in [-0.2, 0) is 4.74 Å². The molecular formula is C13H20F3N3O. The quantitative estimate of drug-likeness (QED) is 0.758. The molecule has 114 valence electrons. The van der Waals surface area contributed by atoms with E-state index in [1.165, 1.54) is 0 Å². The normalized spacial score (nSPS) is 13.4. The molecule has 0 amide bonds. The number of hydrogen-bond donors (Lipinski definition) is 2. The number of rotatable bonds is 7. The maximum atomic E-state index is 12.0. The maximum Gasteiger partial charge on any atom is 0.411 e. The van der Waals surface area contributed by atoms with Gasteiger partial charge in [-0.2, -0.15) is 13.2 Å². The minimum atomic E-state index is -4.29. The Labute approximate surface area is 116 Å². The Morgan fingerprint density at radius 1 is 1.45 bits per heavy atom. The van der Waals surface area contributed by atoms with E-state index in [2.05, 4.69) is 15.0 Å². The summed E-state index contributed by atoms with van der Waals surface area (Å²) >= 11 is 0. The molecular weight excluding hydrogens is 271 g/mol. The lowest BCUT2D eigenvalue weighted by atomic mass is 10.0. The van der Waals surface area contributed by atoms with Crippen molar-refractivity contribution in [2.45, 2.75) is 32.5 Å². The lowest BCUT2D eigenvalue weighted by Gasteiger charge is -2.20. The molecule has 20 heavy (non-hydrogen) atoms. The number of nitrogens with two attached hydrogens (primary N) is 1. The molecule has 4 nitrogen and oxygen atoms in total. The first-order valence-corrected chi connectivity index (χ1v) is 6.43. The average Bonchev–Trinajstić information content (AvgIpc) is 2.35. The second kappa shape index (κ2) is 7.44. The van der Waals surface area contributed by atoms with Crippen molar-refractivity contribution >= 4 is 5.82 Å². The van der Waals surface area contributed by atoms with Crippen LogP contribution in [0.4, 0.5) is 19.0 Å². The first-order valence-electron chi connectivity index (χ1n) is 6.43. The van der Waals surface area contributed by atoms with Crippen molar-refractivity contribution < 1.29 is 17.9 Å². The van der Waals surface area contributed by atoms with Gasteiger partial charge in [0.2, 0.25) is 0 Å². The minimum absolute atomic E-state index is 0.00452. The van der Waals surface area contributed by atoms with Gasteiger partial charge in [0, 0.05) is 24.4 Å². The van der Waals surface area contributed by atoms with E-state index in [0.29, 0.717) is 18.8 Å². The fourth-order valence-corrected chi connectivity index (χ4v) is 1.88. The Bertz CT molecular complexity index is 424. The highest BCUT2D eigenvalue weighted by Crippen LogP contribution is 2.23. The Balaban J connectivity index is 2.62. The number of anilines is 1. The zero-order chi connectivity index (χ0) is 15.2. The van der Waals surface area contributed by atoms with Crippen LogP contribution in [0.25, 0.3) is 0 Å². The van der Waals surface area contributed by atoms with E-state index in [4.69, 9.17) is 5.73 Å². The van der Waals surface area contributed by atoms with Gasteiger partial charge in [0.1, 0.15) is 12.4 Å². The SMILES string of the molecule is CCNC(CCOCC(F)(F)F)c1cc(C)cnc1N. The topological polar surface area (TPSA) is 60.2 Å². The highest BCUT2D eigenvalue weighted by molar-refractivity contribution is 5.42. The molecule has 0 saturated carbocycles. The molecule has 1 atom stereocenters. The number of aryl methyl sites for hydroxylation is 1. The molecule has 1 heterocycles. The van der Waals surface area contributed by atoms with Gasteiger partial charge >= 0.3 is 6.18 Å². The van der Waals surface area contributed by atoms with Gasteiger partial charge in [-0.25, -0.2) is 4.98 Å². The standard InChI is InChI=1S/C13H20F3N3O/c1-3-18-11(4-5-20-8-13(14,15)16)10-6-9(2)7-19-12(10)17/h6-7,11,18H,3-5,8H2,1-2H3,(H2,17,19). The molecule has 0 bridgehead atoms. The van der Waals surface area contributed by atoms with E-state index in [9.17, 15) is 13.2 Å². The Morgan fingerprint density at radius 2 is 2.15 bits per heavy atom. The van der Waals surface area contributed by atoms with Gasteiger partial charge in [0.25, 0.3) is 0 Å². The van der Waals surface area contributed by atoms with Crippen LogP contribution in [0.1, 0.15) is 30.5 Å². The van der Waals surface area contributed by atoms with Crippen LogP contribution in [0, 0.1) is 6.92 Å². The third kappa shape index (κ3) is 5.75. The van der Waals surface area contributed by atoms with Crippen LogP contribution in [0.2, 0.25) is 0 Å². The molecule has 0 fully saturated rings. The molecule has 3 N–H and O–H groups in total. The average molecular weight is 291 g/mol. The molecule has 0 aromatic carbocycles. The van der Waals surface area contributed by atoms with Gasteiger partial charge in [-0.05, 0) is 31.5 Å². The van der Waals surface area contributed by atoms with Gasteiger partial charge in [-0.3, -0.25) is 0 Å². The van der Waals surface area contributed by atoms with E-state index in [0.717, 1.165) is 11.1 Å². The van der Waals surface area contributed by atoms with Crippen LogP contribution in [0.15, 0.2) is 12.3 Å². The van der Waals surface area contributed by atoms with Crippen LogP contribution in [0.5, 0.6) is 0 Å². The first kappa shape index (κ1) is 16.7. The molecule has 0 spiro atoms. The van der Waals surface area contributed by atoms with Gasteiger partial charge in [0.15, 0.2) is 0 Å².